The average Bonchev–Trinajstić information content (AvgIpc) is 3.25. The maximum atomic E-state index is 4.69. The van der Waals surface area contributed by atoms with Crippen LogP contribution in [0.5, 0.6) is 0 Å². The molecular formula is C19H26N8. The molecule has 142 valence electrons. The van der Waals surface area contributed by atoms with Gasteiger partial charge >= 0.3 is 0 Å². The van der Waals surface area contributed by atoms with Crippen molar-refractivity contribution in [3.8, 4) is 11.3 Å². The Morgan fingerprint density at radius 1 is 1.19 bits per heavy atom. The number of aryl methyl sites for hydroxylation is 2. The van der Waals surface area contributed by atoms with Gasteiger partial charge in [0.2, 0.25) is 5.95 Å². The van der Waals surface area contributed by atoms with E-state index in [2.05, 4.69) is 42.1 Å². The van der Waals surface area contributed by atoms with Crippen molar-refractivity contribution in [3.63, 3.8) is 0 Å². The van der Waals surface area contributed by atoms with Crippen molar-refractivity contribution in [1.29, 1.82) is 0 Å². The molecule has 0 spiro atoms. The van der Waals surface area contributed by atoms with E-state index in [1.807, 2.05) is 31.0 Å². The van der Waals surface area contributed by atoms with Gasteiger partial charge in [0.15, 0.2) is 5.82 Å². The standard InChI is InChI=1S/C19H26N8/c1-13-18(14(2)26(3)25-13)16-9-10-20-19(23-16)21-11-17-24-22-12-27(17)15-7-5-4-6-8-15/h9-10,12,15H,4-8,11H2,1-3H3,(H,20,21,23). The SMILES string of the molecule is Cc1nn(C)c(C)c1-c1ccnc(NCc2nncn2C2CCCCC2)n1. The Hall–Kier alpha value is -2.77. The first-order chi connectivity index (χ1) is 13.1. The molecule has 3 aromatic heterocycles. The van der Waals surface area contributed by atoms with Crippen molar-refractivity contribution in [3.05, 3.63) is 35.8 Å². The highest BCUT2D eigenvalue weighted by atomic mass is 15.3. The topological polar surface area (TPSA) is 86.3 Å². The monoisotopic (exact) mass is 366 g/mol. The van der Waals surface area contributed by atoms with Crippen molar-refractivity contribution < 1.29 is 0 Å². The third-order valence-electron chi connectivity index (χ3n) is 5.44. The highest BCUT2D eigenvalue weighted by Crippen LogP contribution is 2.29. The van der Waals surface area contributed by atoms with Crippen LogP contribution in [0.4, 0.5) is 5.95 Å². The molecule has 1 aliphatic carbocycles. The smallest absolute Gasteiger partial charge is 0.223 e. The summed E-state index contributed by atoms with van der Waals surface area (Å²) >= 11 is 0. The summed E-state index contributed by atoms with van der Waals surface area (Å²) in [4.78, 5) is 9.05. The van der Waals surface area contributed by atoms with Crippen LogP contribution in [0, 0.1) is 13.8 Å². The lowest BCUT2D eigenvalue weighted by Crippen LogP contribution is -2.17. The van der Waals surface area contributed by atoms with Crippen LogP contribution in [-0.2, 0) is 13.6 Å². The van der Waals surface area contributed by atoms with Crippen LogP contribution in [0.25, 0.3) is 11.3 Å². The molecule has 0 amide bonds. The van der Waals surface area contributed by atoms with Crippen LogP contribution >= 0.6 is 0 Å². The minimum absolute atomic E-state index is 0.512. The van der Waals surface area contributed by atoms with Gasteiger partial charge in [0.25, 0.3) is 0 Å². The highest BCUT2D eigenvalue weighted by Gasteiger charge is 2.19. The fourth-order valence-electron chi connectivity index (χ4n) is 3.94. The fourth-order valence-corrected chi connectivity index (χ4v) is 3.94. The quantitative estimate of drug-likeness (QED) is 0.746. The number of rotatable bonds is 5. The Bertz CT molecular complexity index is 920. The van der Waals surface area contributed by atoms with Crippen molar-refractivity contribution >= 4 is 5.95 Å². The molecule has 0 unspecified atom stereocenters. The van der Waals surface area contributed by atoms with Gasteiger partial charge in [-0.05, 0) is 32.8 Å². The van der Waals surface area contributed by atoms with Crippen LogP contribution in [0.15, 0.2) is 18.6 Å². The predicted molar refractivity (Wildman–Crippen MR) is 103 cm³/mol. The zero-order valence-electron chi connectivity index (χ0n) is 16.2. The van der Waals surface area contributed by atoms with Gasteiger partial charge in [-0.15, -0.1) is 10.2 Å². The van der Waals surface area contributed by atoms with E-state index in [0.717, 1.165) is 28.5 Å². The van der Waals surface area contributed by atoms with Crippen molar-refractivity contribution in [2.45, 2.75) is 58.5 Å². The number of nitrogens with zero attached hydrogens (tertiary/aromatic N) is 7. The lowest BCUT2D eigenvalue weighted by atomic mass is 9.95. The molecule has 0 aliphatic heterocycles. The van der Waals surface area contributed by atoms with E-state index in [4.69, 9.17) is 0 Å². The summed E-state index contributed by atoms with van der Waals surface area (Å²) in [7, 11) is 1.95. The van der Waals surface area contributed by atoms with Crippen LogP contribution in [0.3, 0.4) is 0 Å². The van der Waals surface area contributed by atoms with E-state index in [9.17, 15) is 0 Å². The third-order valence-corrected chi connectivity index (χ3v) is 5.44. The zero-order valence-corrected chi connectivity index (χ0v) is 16.2. The molecule has 0 saturated heterocycles. The second kappa shape index (κ2) is 7.46. The average molecular weight is 366 g/mol. The summed E-state index contributed by atoms with van der Waals surface area (Å²) in [6, 6.07) is 2.44. The van der Waals surface area contributed by atoms with E-state index in [-0.39, 0.29) is 0 Å². The molecule has 4 rings (SSSR count). The summed E-state index contributed by atoms with van der Waals surface area (Å²) < 4.78 is 4.10. The number of hydrogen-bond donors (Lipinski definition) is 1. The molecule has 1 saturated carbocycles. The Morgan fingerprint density at radius 3 is 2.74 bits per heavy atom. The first kappa shape index (κ1) is 17.6. The summed E-state index contributed by atoms with van der Waals surface area (Å²) in [5.74, 6) is 1.53. The van der Waals surface area contributed by atoms with Crippen molar-refractivity contribution in [2.75, 3.05) is 5.32 Å². The summed E-state index contributed by atoms with van der Waals surface area (Å²) in [5.41, 5.74) is 4.00. The van der Waals surface area contributed by atoms with Gasteiger partial charge in [-0.3, -0.25) is 4.68 Å². The summed E-state index contributed by atoms with van der Waals surface area (Å²) in [6.45, 7) is 4.62. The first-order valence-electron chi connectivity index (χ1n) is 9.59. The van der Waals surface area contributed by atoms with Crippen LogP contribution in [-0.4, -0.2) is 34.5 Å². The van der Waals surface area contributed by atoms with Gasteiger partial charge in [0, 0.05) is 30.5 Å². The van der Waals surface area contributed by atoms with Gasteiger partial charge < -0.3 is 9.88 Å². The molecule has 0 bridgehead atoms. The second-order valence-corrected chi connectivity index (χ2v) is 7.23. The van der Waals surface area contributed by atoms with Gasteiger partial charge in [-0.1, -0.05) is 19.3 Å². The van der Waals surface area contributed by atoms with E-state index in [1.165, 1.54) is 32.1 Å². The minimum atomic E-state index is 0.512. The number of anilines is 1. The zero-order chi connectivity index (χ0) is 18.8. The molecule has 8 heteroatoms. The number of aromatic nitrogens is 7. The lowest BCUT2D eigenvalue weighted by Gasteiger charge is -2.24. The Balaban J connectivity index is 1.51. The van der Waals surface area contributed by atoms with Crippen LogP contribution in [0.1, 0.15) is 55.4 Å². The molecule has 1 N–H and O–H groups in total. The summed E-state index contributed by atoms with van der Waals surface area (Å²) in [6.07, 6.45) is 9.94. The largest absolute Gasteiger partial charge is 0.347 e. The molecule has 8 nitrogen and oxygen atoms in total. The maximum Gasteiger partial charge on any atom is 0.223 e. The number of nitrogens with one attached hydrogen (secondary N) is 1. The minimum Gasteiger partial charge on any atom is -0.347 e. The molecule has 3 heterocycles. The fraction of sp³-hybridized carbons (Fsp3) is 0.526. The molecular weight excluding hydrogens is 340 g/mol. The molecule has 0 aromatic carbocycles. The first-order valence-corrected chi connectivity index (χ1v) is 9.59. The van der Waals surface area contributed by atoms with Crippen molar-refractivity contribution in [2.24, 2.45) is 7.05 Å². The maximum absolute atomic E-state index is 4.69. The van der Waals surface area contributed by atoms with Gasteiger partial charge in [0.05, 0.1) is 17.9 Å². The highest BCUT2D eigenvalue weighted by molar-refractivity contribution is 5.65. The molecule has 3 aromatic rings. The lowest BCUT2D eigenvalue weighted by molar-refractivity contribution is 0.346. The third kappa shape index (κ3) is 3.56. The molecule has 0 radical (unpaired) electrons. The van der Waals surface area contributed by atoms with E-state index in [1.54, 1.807) is 6.20 Å². The molecule has 1 aliphatic rings. The van der Waals surface area contributed by atoms with E-state index in [0.29, 0.717) is 18.5 Å². The van der Waals surface area contributed by atoms with E-state index < -0.39 is 0 Å². The Kier molecular flexibility index (Phi) is 4.87. The normalized spacial score (nSPS) is 15.2. The van der Waals surface area contributed by atoms with Gasteiger partial charge in [-0.25, -0.2) is 9.97 Å². The van der Waals surface area contributed by atoms with Crippen LogP contribution < -0.4 is 5.32 Å². The van der Waals surface area contributed by atoms with E-state index >= 15 is 0 Å². The molecule has 0 atom stereocenters. The Labute approximate surface area is 159 Å². The molecule has 1 fully saturated rings. The molecule has 27 heavy (non-hydrogen) atoms. The summed E-state index contributed by atoms with van der Waals surface area (Å²) in [5, 5.41) is 16.2. The van der Waals surface area contributed by atoms with Gasteiger partial charge in [-0.2, -0.15) is 5.10 Å². The van der Waals surface area contributed by atoms with Gasteiger partial charge in [0.1, 0.15) is 6.33 Å². The van der Waals surface area contributed by atoms with Crippen LogP contribution in [0.2, 0.25) is 0 Å². The Morgan fingerprint density at radius 2 is 2.00 bits per heavy atom. The second-order valence-electron chi connectivity index (χ2n) is 7.23. The van der Waals surface area contributed by atoms with Crippen molar-refractivity contribution in [1.82, 2.24) is 34.5 Å². The predicted octanol–water partition coefficient (Wildman–Crippen LogP) is 3.20. The number of hydrogen-bond acceptors (Lipinski definition) is 6.